The smallest absolute Gasteiger partial charge is 0.321 e. The number of rotatable bonds is 4. The average Bonchev–Trinajstić information content (AvgIpc) is 2.89. The van der Waals surface area contributed by atoms with Gasteiger partial charge in [0.25, 0.3) is 5.91 Å². The zero-order valence-corrected chi connectivity index (χ0v) is 11.3. The first kappa shape index (κ1) is 13.9. The normalized spacial score (nSPS) is 10.1. The number of ketones is 1. The van der Waals surface area contributed by atoms with E-state index in [1.54, 1.807) is 24.3 Å². The van der Waals surface area contributed by atoms with E-state index >= 15 is 0 Å². The van der Waals surface area contributed by atoms with Gasteiger partial charge in [0.1, 0.15) is 0 Å². The highest BCUT2D eigenvalue weighted by Crippen LogP contribution is 2.25. The SMILES string of the molecule is CC(=O)c1ccccc1NC(=O)c1ccc([N+](=O)[O-])s1. The molecule has 0 atom stereocenters. The van der Waals surface area contributed by atoms with E-state index in [2.05, 4.69) is 5.32 Å². The van der Waals surface area contributed by atoms with Crippen molar-refractivity contribution in [2.24, 2.45) is 0 Å². The summed E-state index contributed by atoms with van der Waals surface area (Å²) in [6.07, 6.45) is 0. The van der Waals surface area contributed by atoms with Gasteiger partial charge in [-0.1, -0.05) is 23.5 Å². The average molecular weight is 290 g/mol. The van der Waals surface area contributed by atoms with Gasteiger partial charge in [-0.3, -0.25) is 19.7 Å². The fourth-order valence-electron chi connectivity index (χ4n) is 1.63. The van der Waals surface area contributed by atoms with Gasteiger partial charge in [-0.2, -0.15) is 0 Å². The monoisotopic (exact) mass is 290 g/mol. The Morgan fingerprint density at radius 3 is 2.50 bits per heavy atom. The fourth-order valence-corrected chi connectivity index (χ4v) is 2.35. The summed E-state index contributed by atoms with van der Waals surface area (Å²) in [5.41, 5.74) is 0.785. The number of nitro groups is 1. The van der Waals surface area contributed by atoms with E-state index in [0.717, 1.165) is 11.3 Å². The molecule has 0 aliphatic heterocycles. The third-order valence-electron chi connectivity index (χ3n) is 2.55. The van der Waals surface area contributed by atoms with Crippen molar-refractivity contribution in [2.45, 2.75) is 6.92 Å². The van der Waals surface area contributed by atoms with Gasteiger partial charge >= 0.3 is 5.00 Å². The molecule has 102 valence electrons. The van der Waals surface area contributed by atoms with Crippen LogP contribution in [0.4, 0.5) is 10.7 Å². The van der Waals surface area contributed by atoms with Crippen molar-refractivity contribution in [3.05, 3.63) is 57.0 Å². The predicted molar refractivity (Wildman–Crippen MR) is 75.4 cm³/mol. The molecule has 0 saturated carbocycles. The summed E-state index contributed by atoms with van der Waals surface area (Å²) in [6, 6.07) is 9.26. The standard InChI is InChI=1S/C13H10N2O4S/c1-8(16)9-4-2-3-5-10(9)14-13(17)11-6-7-12(20-11)15(18)19/h2-7H,1H3,(H,14,17). The highest BCUT2D eigenvalue weighted by molar-refractivity contribution is 7.17. The summed E-state index contributed by atoms with van der Waals surface area (Å²) in [5, 5.41) is 13.1. The fraction of sp³-hybridized carbons (Fsp3) is 0.0769. The molecular weight excluding hydrogens is 280 g/mol. The molecular formula is C13H10N2O4S. The molecule has 0 spiro atoms. The molecule has 0 aliphatic carbocycles. The maximum absolute atomic E-state index is 12.0. The lowest BCUT2D eigenvalue weighted by Gasteiger charge is -2.07. The molecule has 0 bridgehead atoms. The van der Waals surface area contributed by atoms with Crippen molar-refractivity contribution in [3.63, 3.8) is 0 Å². The number of carbonyl (C=O) groups is 2. The first-order valence-electron chi connectivity index (χ1n) is 5.64. The Morgan fingerprint density at radius 2 is 1.90 bits per heavy atom. The van der Waals surface area contributed by atoms with Crippen LogP contribution in [0.15, 0.2) is 36.4 Å². The first-order chi connectivity index (χ1) is 9.49. The summed E-state index contributed by atoms with van der Waals surface area (Å²) >= 11 is 0.787. The van der Waals surface area contributed by atoms with Crippen LogP contribution in [-0.4, -0.2) is 16.6 Å². The van der Waals surface area contributed by atoms with Crippen LogP contribution in [0, 0.1) is 10.1 Å². The first-order valence-corrected chi connectivity index (χ1v) is 6.46. The summed E-state index contributed by atoms with van der Waals surface area (Å²) in [4.78, 5) is 33.7. The van der Waals surface area contributed by atoms with Gasteiger partial charge < -0.3 is 5.32 Å². The van der Waals surface area contributed by atoms with E-state index in [1.807, 2.05) is 0 Å². The number of hydrogen-bond acceptors (Lipinski definition) is 5. The zero-order valence-electron chi connectivity index (χ0n) is 10.5. The molecule has 1 amide bonds. The number of Topliss-reactive ketones (excluding diaryl/α,β-unsaturated/α-hetero) is 1. The van der Waals surface area contributed by atoms with Gasteiger partial charge in [0, 0.05) is 11.6 Å². The minimum atomic E-state index is -0.551. The van der Waals surface area contributed by atoms with Crippen molar-refractivity contribution in [1.82, 2.24) is 0 Å². The van der Waals surface area contributed by atoms with Crippen LogP contribution in [0.2, 0.25) is 0 Å². The highest BCUT2D eigenvalue weighted by atomic mass is 32.1. The number of benzene rings is 1. The van der Waals surface area contributed by atoms with Crippen LogP contribution in [0.25, 0.3) is 0 Å². The molecule has 1 heterocycles. The number of nitrogens with one attached hydrogen (secondary N) is 1. The largest absolute Gasteiger partial charge is 0.324 e. The van der Waals surface area contributed by atoms with Gasteiger partial charge in [0.05, 0.1) is 15.5 Å². The van der Waals surface area contributed by atoms with Crippen molar-refractivity contribution in [2.75, 3.05) is 5.32 Å². The maximum atomic E-state index is 12.0. The molecule has 0 radical (unpaired) electrons. The number of para-hydroxylation sites is 1. The van der Waals surface area contributed by atoms with Crippen LogP contribution in [0.1, 0.15) is 27.0 Å². The molecule has 7 heteroatoms. The number of hydrogen-bond donors (Lipinski definition) is 1. The Bertz CT molecular complexity index is 693. The van der Waals surface area contributed by atoms with Gasteiger partial charge in [0.2, 0.25) is 0 Å². The van der Waals surface area contributed by atoms with Crippen LogP contribution in [0.3, 0.4) is 0 Å². The number of amides is 1. The lowest BCUT2D eigenvalue weighted by Crippen LogP contribution is -2.12. The molecule has 2 aromatic rings. The minimum absolute atomic E-state index is 0.102. The van der Waals surface area contributed by atoms with Gasteiger partial charge in [-0.15, -0.1) is 0 Å². The lowest BCUT2D eigenvalue weighted by atomic mass is 10.1. The zero-order chi connectivity index (χ0) is 14.7. The van der Waals surface area contributed by atoms with E-state index in [-0.39, 0.29) is 15.7 Å². The topological polar surface area (TPSA) is 89.3 Å². The number of anilines is 1. The van der Waals surface area contributed by atoms with Crippen LogP contribution in [-0.2, 0) is 0 Å². The van der Waals surface area contributed by atoms with Crippen LogP contribution < -0.4 is 5.32 Å². The Morgan fingerprint density at radius 1 is 1.20 bits per heavy atom. The Balaban J connectivity index is 2.23. The molecule has 0 fully saturated rings. The predicted octanol–water partition coefficient (Wildman–Crippen LogP) is 3.11. The number of thiophene rings is 1. The molecule has 1 aromatic heterocycles. The third kappa shape index (κ3) is 2.89. The van der Waals surface area contributed by atoms with Gasteiger partial charge in [-0.05, 0) is 25.1 Å². The van der Waals surface area contributed by atoms with Crippen LogP contribution in [0.5, 0.6) is 0 Å². The molecule has 1 aromatic carbocycles. The summed E-state index contributed by atoms with van der Waals surface area (Å²) in [6.45, 7) is 1.40. The summed E-state index contributed by atoms with van der Waals surface area (Å²) < 4.78 is 0. The molecule has 0 saturated heterocycles. The second-order valence-corrected chi connectivity index (χ2v) is 5.01. The molecule has 2 rings (SSSR count). The second-order valence-electron chi connectivity index (χ2n) is 3.95. The van der Waals surface area contributed by atoms with E-state index in [9.17, 15) is 19.7 Å². The molecule has 20 heavy (non-hydrogen) atoms. The Kier molecular flexibility index (Phi) is 3.90. The molecule has 1 N–H and O–H groups in total. The summed E-state index contributed by atoms with van der Waals surface area (Å²) in [5.74, 6) is -0.644. The van der Waals surface area contributed by atoms with Gasteiger partial charge in [0.15, 0.2) is 5.78 Å². The van der Waals surface area contributed by atoms with Crippen molar-refractivity contribution in [1.29, 1.82) is 0 Å². The Labute approximate surface area is 118 Å². The third-order valence-corrected chi connectivity index (χ3v) is 3.59. The van der Waals surface area contributed by atoms with E-state index in [0.29, 0.717) is 11.3 Å². The minimum Gasteiger partial charge on any atom is -0.321 e. The highest BCUT2D eigenvalue weighted by Gasteiger charge is 2.16. The Hall–Kier alpha value is -2.54. The number of carbonyl (C=O) groups excluding carboxylic acids is 2. The van der Waals surface area contributed by atoms with E-state index < -0.39 is 10.8 Å². The number of nitrogens with zero attached hydrogens (tertiary/aromatic N) is 1. The quantitative estimate of drug-likeness (QED) is 0.532. The van der Waals surface area contributed by atoms with E-state index in [1.165, 1.54) is 19.1 Å². The van der Waals surface area contributed by atoms with Crippen LogP contribution >= 0.6 is 11.3 Å². The molecule has 0 aliphatic rings. The second kappa shape index (κ2) is 5.62. The van der Waals surface area contributed by atoms with Crippen molar-refractivity contribution in [3.8, 4) is 0 Å². The molecule has 6 nitrogen and oxygen atoms in total. The van der Waals surface area contributed by atoms with E-state index in [4.69, 9.17) is 0 Å². The van der Waals surface area contributed by atoms with Crippen molar-refractivity contribution >= 4 is 33.7 Å². The maximum Gasteiger partial charge on any atom is 0.324 e. The lowest BCUT2D eigenvalue weighted by molar-refractivity contribution is -0.380. The van der Waals surface area contributed by atoms with Gasteiger partial charge in [-0.25, -0.2) is 0 Å². The summed E-state index contributed by atoms with van der Waals surface area (Å²) in [7, 11) is 0. The molecule has 0 unspecified atom stereocenters. The van der Waals surface area contributed by atoms with Crippen molar-refractivity contribution < 1.29 is 14.5 Å².